The van der Waals surface area contributed by atoms with Crippen LogP contribution in [-0.4, -0.2) is 215 Å². The molecule has 2 amide bonds. The quantitative estimate of drug-likeness (QED) is 0.0928. The average Bonchev–Trinajstić information content (AvgIpc) is 1.75. The number of alkyl halides is 3. The third-order valence-electron chi connectivity index (χ3n) is 26.4. The summed E-state index contributed by atoms with van der Waals surface area (Å²) in [5, 5.41) is 0. The molecule has 15 nitrogen and oxygen atoms in total. The molecule has 2 unspecified atom stereocenters. The van der Waals surface area contributed by atoms with E-state index in [-0.39, 0.29) is 29.5 Å². The fraction of sp³-hybridized carbons (Fsp3) is 0.636. The maximum absolute atomic E-state index is 13.5. The molecule has 5 aromatic rings. The van der Waals surface area contributed by atoms with Crippen LogP contribution in [0, 0.1) is 24.6 Å². The standard InChI is InChI=1S/C28H43N3O4.C24H30N2O2.C19H26FN.C17H22F3NO2/c1-3-35-28(32)31-23-5-7-24(19-25(31)8-6-23)30-12-10-22(11-13-30)26-18-21(4-9-27(26)33-2)20-29-14-16-34-17-15-29;1-28-23-10-6-5-9-22(23)19-11-15-25(16-12-19)21-13-17-26(18-14-21)24(27)20-7-3-2-4-8-20;1-13-2-5-17(20)12-18(13)15-6-8-21(9-7-15)19-11-14-3-4-16(19)10-14;18-17(19,20)23-16-4-2-1-3-15(16)13-5-9-21(10-6-13)14-7-11-22-12-8-14/h4,9,18,22-25H,3,5-8,10-17,19-20H2,1-2H3;2-10,19,21H,11-18H2,1H3;2,5,12,14-16,19H,3-4,6-11H2,1H3;1-4,13-14H,5-12H2/t23-,24?,25+;;14-,16+,19?;/m0.1./s1. The van der Waals surface area contributed by atoms with Crippen molar-refractivity contribution in [1.29, 1.82) is 0 Å². The molecule has 4 bridgehead atoms. The molecule has 9 heterocycles. The molecule has 584 valence electrons. The number of morpholine rings is 1. The Kier molecular flexibility index (Phi) is 28.0. The number of carbonyl (C=O) groups is 2. The topological polar surface area (TPSA) is 112 Å². The number of hydrogen-bond acceptors (Lipinski definition) is 13. The van der Waals surface area contributed by atoms with E-state index in [1.165, 1.54) is 118 Å². The number of fused-ring (bicyclic) bond motifs is 4. The van der Waals surface area contributed by atoms with Gasteiger partial charge in [-0.15, -0.1) is 13.2 Å². The first-order valence-corrected chi connectivity index (χ1v) is 41.2. The van der Waals surface area contributed by atoms with Gasteiger partial charge in [0.1, 0.15) is 23.1 Å². The van der Waals surface area contributed by atoms with E-state index in [4.69, 9.17) is 23.7 Å². The molecule has 9 saturated heterocycles. The molecular weight excluding hydrogens is 1360 g/mol. The number of benzene rings is 5. The van der Waals surface area contributed by atoms with E-state index in [0.29, 0.717) is 60.1 Å². The monoisotopic (exact) mass is 1480 g/mol. The summed E-state index contributed by atoms with van der Waals surface area (Å²) >= 11 is 0. The molecule has 107 heavy (non-hydrogen) atoms. The summed E-state index contributed by atoms with van der Waals surface area (Å²) in [6.45, 7) is 21.3. The third-order valence-corrected chi connectivity index (χ3v) is 26.4. The van der Waals surface area contributed by atoms with Crippen LogP contribution < -0.4 is 14.2 Å². The minimum absolute atomic E-state index is 0.0514. The SMILES string of the molecule is CCOC(=O)N1[C@H]2CCC(N3CCC(c4cc(CN5CCOCC5)ccc4OC)CC3)C[C@H]1CC2.COc1ccccc1C1CCN(C2CCN(C(=O)c3ccccc3)CC2)CC1.Cc1ccc(F)cc1C1CCN(C2C[C@@H]3CC[C@H]2C3)CC1.FC(F)(F)Oc1ccccc1C1CCN(C2CCOCC2)CC1. The number of piperidine rings is 5. The van der Waals surface area contributed by atoms with E-state index < -0.39 is 6.36 Å². The Morgan fingerprint density at radius 3 is 1.58 bits per heavy atom. The number of nitrogens with zero attached hydrogens (tertiary/aromatic N) is 7. The minimum Gasteiger partial charge on any atom is -0.496 e. The number of amides is 2. The lowest BCUT2D eigenvalue weighted by Gasteiger charge is -2.42. The Hall–Kier alpha value is -6.32. The van der Waals surface area contributed by atoms with E-state index >= 15 is 0 Å². The van der Waals surface area contributed by atoms with Crippen molar-refractivity contribution >= 4 is 12.0 Å². The van der Waals surface area contributed by atoms with E-state index in [0.717, 1.165) is 198 Å². The molecule has 0 radical (unpaired) electrons. The Morgan fingerprint density at radius 1 is 0.467 bits per heavy atom. The third kappa shape index (κ3) is 20.6. The van der Waals surface area contributed by atoms with Crippen LogP contribution in [-0.2, 0) is 20.8 Å². The maximum Gasteiger partial charge on any atom is 0.573 e. The highest BCUT2D eigenvalue weighted by Crippen LogP contribution is 2.49. The summed E-state index contributed by atoms with van der Waals surface area (Å²) < 4.78 is 83.0. The predicted octanol–water partition coefficient (Wildman–Crippen LogP) is 16.9. The van der Waals surface area contributed by atoms with Crippen molar-refractivity contribution in [1.82, 2.24) is 34.3 Å². The molecule has 11 aliphatic rings. The van der Waals surface area contributed by atoms with Gasteiger partial charge < -0.3 is 57.8 Å². The van der Waals surface area contributed by atoms with Gasteiger partial charge >= 0.3 is 12.5 Å². The molecule has 19 heteroatoms. The lowest BCUT2D eigenvalue weighted by atomic mass is 9.85. The zero-order valence-electron chi connectivity index (χ0n) is 64.4. The van der Waals surface area contributed by atoms with Crippen LogP contribution in [0.2, 0.25) is 0 Å². The summed E-state index contributed by atoms with van der Waals surface area (Å²) in [5.41, 5.74) is 8.11. The van der Waals surface area contributed by atoms with Crippen LogP contribution in [0.4, 0.5) is 22.4 Å². The fourth-order valence-electron chi connectivity index (χ4n) is 20.6. The molecule has 0 aromatic heterocycles. The number of hydrogen-bond donors (Lipinski definition) is 0. The zero-order valence-corrected chi connectivity index (χ0v) is 64.4. The fourth-order valence-corrected chi connectivity index (χ4v) is 20.6. The van der Waals surface area contributed by atoms with Gasteiger partial charge in [-0.3, -0.25) is 9.69 Å². The maximum atomic E-state index is 13.5. The molecule has 0 spiro atoms. The first-order valence-electron chi connectivity index (χ1n) is 41.2. The molecule has 6 atom stereocenters. The van der Waals surface area contributed by atoms with Crippen molar-refractivity contribution in [2.24, 2.45) is 11.8 Å². The van der Waals surface area contributed by atoms with Crippen LogP contribution in [0.25, 0.3) is 0 Å². The second-order valence-electron chi connectivity index (χ2n) is 32.5. The normalized spacial score (nSPS) is 25.9. The van der Waals surface area contributed by atoms with Gasteiger partial charge in [0, 0.05) is 87.8 Å². The van der Waals surface area contributed by atoms with E-state index in [2.05, 4.69) is 77.5 Å². The highest BCUT2D eigenvalue weighted by Gasteiger charge is 2.45. The largest absolute Gasteiger partial charge is 0.573 e. The average molecular weight is 1480 g/mol. The number of methoxy groups -OCH3 is 2. The van der Waals surface area contributed by atoms with Gasteiger partial charge in [-0.05, 0) is 306 Å². The lowest BCUT2D eigenvalue weighted by Crippen LogP contribution is -2.48. The van der Waals surface area contributed by atoms with Crippen LogP contribution in [0.15, 0.2) is 115 Å². The first-order chi connectivity index (χ1) is 52.1. The number of likely N-dealkylation sites (tertiary alicyclic amines) is 5. The van der Waals surface area contributed by atoms with Crippen LogP contribution in [0.1, 0.15) is 209 Å². The van der Waals surface area contributed by atoms with Gasteiger partial charge in [-0.25, -0.2) is 9.18 Å². The summed E-state index contributed by atoms with van der Waals surface area (Å²) in [6, 6.07) is 40.1. The number of carbonyl (C=O) groups excluding carboxylic acids is 2. The van der Waals surface area contributed by atoms with Crippen molar-refractivity contribution in [3.8, 4) is 17.2 Å². The Morgan fingerprint density at radius 2 is 0.991 bits per heavy atom. The van der Waals surface area contributed by atoms with Gasteiger partial charge in [0.15, 0.2) is 0 Å². The van der Waals surface area contributed by atoms with Crippen LogP contribution in [0.5, 0.6) is 17.2 Å². The highest BCUT2D eigenvalue weighted by molar-refractivity contribution is 5.94. The van der Waals surface area contributed by atoms with Gasteiger partial charge in [-0.2, -0.15) is 0 Å². The molecule has 16 rings (SSSR count). The van der Waals surface area contributed by atoms with Crippen molar-refractivity contribution in [2.75, 3.05) is 126 Å². The van der Waals surface area contributed by atoms with Gasteiger partial charge in [0.05, 0.1) is 34.0 Å². The molecule has 0 N–H and O–H groups in total. The summed E-state index contributed by atoms with van der Waals surface area (Å²) in [5.74, 6) is 5.95. The van der Waals surface area contributed by atoms with Crippen LogP contribution in [0.3, 0.4) is 0 Å². The van der Waals surface area contributed by atoms with E-state index in [1.807, 2.05) is 54.3 Å². The molecule has 11 fully saturated rings. The molecular formula is C88H121F4N7O8. The Labute approximate surface area is 635 Å². The molecule has 2 saturated carbocycles. The van der Waals surface area contributed by atoms with Crippen molar-refractivity contribution in [2.45, 2.75) is 222 Å². The molecule has 2 aliphatic carbocycles. The minimum atomic E-state index is -4.64. The van der Waals surface area contributed by atoms with Crippen molar-refractivity contribution < 1.29 is 55.6 Å². The Bertz CT molecular complexity index is 3580. The number of aryl methyl sites for hydroxylation is 1. The number of para-hydroxylation sites is 2. The van der Waals surface area contributed by atoms with Crippen molar-refractivity contribution in [3.05, 3.63) is 160 Å². The highest BCUT2D eigenvalue weighted by atomic mass is 19.4. The molecule has 5 aromatic carbocycles. The summed E-state index contributed by atoms with van der Waals surface area (Å²) in [4.78, 5) is 42.4. The second-order valence-corrected chi connectivity index (χ2v) is 32.5. The van der Waals surface area contributed by atoms with Gasteiger partial charge in [0.25, 0.3) is 5.91 Å². The Balaban J connectivity index is 0.000000128. The number of ether oxygens (including phenoxy) is 6. The smallest absolute Gasteiger partial charge is 0.496 e. The van der Waals surface area contributed by atoms with E-state index in [1.54, 1.807) is 44.6 Å². The van der Waals surface area contributed by atoms with Gasteiger partial charge in [-0.1, -0.05) is 79.2 Å². The molecule has 9 aliphatic heterocycles. The first kappa shape index (κ1) is 78.8. The zero-order chi connectivity index (χ0) is 74.2. The predicted molar refractivity (Wildman–Crippen MR) is 412 cm³/mol. The van der Waals surface area contributed by atoms with Gasteiger partial charge in [0.2, 0.25) is 0 Å². The van der Waals surface area contributed by atoms with E-state index in [9.17, 15) is 27.2 Å². The number of halogens is 4. The van der Waals surface area contributed by atoms with Crippen molar-refractivity contribution in [3.63, 3.8) is 0 Å². The number of rotatable bonds is 15. The summed E-state index contributed by atoms with van der Waals surface area (Å²) in [6.07, 6.45) is 20.0. The lowest BCUT2D eigenvalue weighted by molar-refractivity contribution is -0.275. The summed E-state index contributed by atoms with van der Waals surface area (Å²) in [7, 11) is 3.56. The van der Waals surface area contributed by atoms with Crippen LogP contribution >= 0.6 is 0 Å². The second kappa shape index (κ2) is 38.1.